The Balaban J connectivity index is 0.000000180. The van der Waals surface area contributed by atoms with Crippen LogP contribution in [0.25, 0.3) is 0 Å². The summed E-state index contributed by atoms with van der Waals surface area (Å²) in [6, 6.07) is 0. The van der Waals surface area contributed by atoms with Crippen molar-refractivity contribution in [3.05, 3.63) is 0 Å². The number of hydrogen-bond donors (Lipinski definition) is 5. The highest BCUT2D eigenvalue weighted by Gasteiger charge is 1.91. The molecule has 1 aliphatic heterocycles. The Labute approximate surface area is 60.7 Å². The quantitative estimate of drug-likeness (QED) is 0.201. The largest absolute Gasteiger partial charge is 0.370 e. The van der Waals surface area contributed by atoms with Crippen LogP contribution in [0.1, 0.15) is 0 Å². The molecule has 1 heterocycles. The average molecular weight is 145 g/mol. The molecule has 1 aliphatic rings. The van der Waals surface area contributed by atoms with Crippen molar-refractivity contribution in [2.75, 3.05) is 26.2 Å². The first kappa shape index (κ1) is 9.19. The molecule has 0 unspecified atom stereocenters. The molecular formula is C5H15N5. The number of nitrogens with one attached hydrogen (secondary N) is 3. The van der Waals surface area contributed by atoms with Gasteiger partial charge in [0.1, 0.15) is 0 Å². The topological polar surface area (TPSA) is 99.9 Å². The Morgan fingerprint density at radius 2 is 1.20 bits per heavy atom. The number of rotatable bonds is 0. The highest BCUT2D eigenvalue weighted by atomic mass is 15.0. The minimum atomic E-state index is -0.333. The lowest BCUT2D eigenvalue weighted by Crippen LogP contribution is -2.39. The molecule has 1 saturated heterocycles. The third-order valence-corrected chi connectivity index (χ3v) is 0.957. The fourth-order valence-electron chi connectivity index (χ4n) is 0.604. The Morgan fingerprint density at radius 1 is 1.00 bits per heavy atom. The van der Waals surface area contributed by atoms with E-state index in [4.69, 9.17) is 5.41 Å². The molecule has 7 N–H and O–H groups in total. The monoisotopic (exact) mass is 145 g/mol. The van der Waals surface area contributed by atoms with Crippen LogP contribution in [0.3, 0.4) is 0 Å². The van der Waals surface area contributed by atoms with Crippen LogP contribution in [0.2, 0.25) is 0 Å². The van der Waals surface area contributed by atoms with E-state index in [0.717, 1.165) is 26.2 Å². The summed E-state index contributed by atoms with van der Waals surface area (Å²) in [5.74, 6) is -0.333. The fourth-order valence-corrected chi connectivity index (χ4v) is 0.604. The molecule has 0 aromatic rings. The first-order valence-corrected chi connectivity index (χ1v) is 3.24. The molecule has 0 atom stereocenters. The second kappa shape index (κ2) is 6.31. The van der Waals surface area contributed by atoms with Crippen molar-refractivity contribution in [1.82, 2.24) is 10.6 Å². The van der Waals surface area contributed by atoms with E-state index in [1.165, 1.54) is 0 Å². The van der Waals surface area contributed by atoms with Crippen molar-refractivity contribution in [2.45, 2.75) is 0 Å². The Morgan fingerprint density at radius 3 is 1.30 bits per heavy atom. The molecule has 5 heteroatoms. The smallest absolute Gasteiger partial charge is 0.183 e. The second-order valence-corrected chi connectivity index (χ2v) is 1.96. The van der Waals surface area contributed by atoms with E-state index >= 15 is 0 Å². The molecule has 1 fully saturated rings. The van der Waals surface area contributed by atoms with Gasteiger partial charge in [-0.2, -0.15) is 0 Å². The lowest BCUT2D eigenvalue weighted by atomic mass is 10.4. The molecule has 10 heavy (non-hydrogen) atoms. The van der Waals surface area contributed by atoms with Gasteiger partial charge in [0.2, 0.25) is 0 Å². The fraction of sp³-hybridized carbons (Fsp3) is 0.800. The minimum Gasteiger partial charge on any atom is -0.370 e. The molecule has 0 bridgehead atoms. The van der Waals surface area contributed by atoms with Crippen LogP contribution in [0.15, 0.2) is 0 Å². The zero-order valence-corrected chi connectivity index (χ0v) is 5.98. The van der Waals surface area contributed by atoms with Gasteiger partial charge in [-0.3, -0.25) is 5.41 Å². The highest BCUT2D eigenvalue weighted by molar-refractivity contribution is 5.71. The maximum atomic E-state index is 6.06. The van der Waals surface area contributed by atoms with Gasteiger partial charge in [-0.1, -0.05) is 0 Å². The van der Waals surface area contributed by atoms with E-state index < -0.39 is 0 Å². The van der Waals surface area contributed by atoms with Gasteiger partial charge >= 0.3 is 0 Å². The van der Waals surface area contributed by atoms with Crippen LogP contribution in [-0.2, 0) is 0 Å². The lowest BCUT2D eigenvalue weighted by Gasteiger charge is -2.11. The number of guanidine groups is 1. The van der Waals surface area contributed by atoms with Crippen LogP contribution in [0, 0.1) is 5.41 Å². The second-order valence-electron chi connectivity index (χ2n) is 1.96. The number of nitrogens with two attached hydrogens (primary N) is 2. The summed E-state index contributed by atoms with van der Waals surface area (Å²) in [5, 5.41) is 12.5. The van der Waals surface area contributed by atoms with Crippen molar-refractivity contribution >= 4 is 5.96 Å². The van der Waals surface area contributed by atoms with Gasteiger partial charge in [0, 0.05) is 26.2 Å². The predicted octanol–water partition coefficient (Wildman–Crippen LogP) is -1.98. The normalized spacial score (nSPS) is 16.8. The first-order chi connectivity index (χ1) is 4.73. The summed E-state index contributed by atoms with van der Waals surface area (Å²) in [4.78, 5) is 0. The molecule has 5 nitrogen and oxygen atoms in total. The molecule has 0 aromatic carbocycles. The van der Waals surface area contributed by atoms with Crippen molar-refractivity contribution in [3.8, 4) is 0 Å². The minimum absolute atomic E-state index is 0.333. The lowest BCUT2D eigenvalue weighted by molar-refractivity contribution is 0.534. The Bertz CT molecular complexity index is 72.5. The Kier molecular flexibility index (Phi) is 5.80. The SMILES string of the molecule is C1CNCCN1.N=C(N)N. The molecule has 60 valence electrons. The average Bonchev–Trinajstić information content (AvgIpc) is 1.90. The summed E-state index contributed by atoms with van der Waals surface area (Å²) in [5.41, 5.74) is 8.94. The third-order valence-electron chi connectivity index (χ3n) is 0.957. The van der Waals surface area contributed by atoms with Gasteiger partial charge in [-0.05, 0) is 0 Å². The summed E-state index contributed by atoms with van der Waals surface area (Å²) < 4.78 is 0. The van der Waals surface area contributed by atoms with Gasteiger partial charge in [0.25, 0.3) is 0 Å². The van der Waals surface area contributed by atoms with Gasteiger partial charge < -0.3 is 22.1 Å². The van der Waals surface area contributed by atoms with Gasteiger partial charge in [0.05, 0.1) is 0 Å². The van der Waals surface area contributed by atoms with Gasteiger partial charge in [0.15, 0.2) is 5.96 Å². The summed E-state index contributed by atoms with van der Waals surface area (Å²) in [6.45, 7) is 4.56. The molecular weight excluding hydrogens is 130 g/mol. The molecule has 0 aromatic heterocycles. The van der Waals surface area contributed by atoms with Crippen LogP contribution in [0.5, 0.6) is 0 Å². The van der Waals surface area contributed by atoms with Crippen molar-refractivity contribution in [1.29, 1.82) is 5.41 Å². The maximum absolute atomic E-state index is 6.06. The summed E-state index contributed by atoms with van der Waals surface area (Å²) in [7, 11) is 0. The number of piperazine rings is 1. The van der Waals surface area contributed by atoms with E-state index in [2.05, 4.69) is 22.1 Å². The zero-order valence-electron chi connectivity index (χ0n) is 5.98. The van der Waals surface area contributed by atoms with Crippen LogP contribution >= 0.6 is 0 Å². The van der Waals surface area contributed by atoms with Crippen molar-refractivity contribution in [2.24, 2.45) is 11.5 Å². The van der Waals surface area contributed by atoms with Crippen molar-refractivity contribution < 1.29 is 0 Å². The summed E-state index contributed by atoms with van der Waals surface area (Å²) >= 11 is 0. The van der Waals surface area contributed by atoms with E-state index in [-0.39, 0.29) is 5.96 Å². The van der Waals surface area contributed by atoms with Crippen molar-refractivity contribution in [3.63, 3.8) is 0 Å². The first-order valence-electron chi connectivity index (χ1n) is 3.24. The van der Waals surface area contributed by atoms with E-state index in [1.807, 2.05) is 0 Å². The standard InChI is InChI=1S/C4H10N2.CH5N3/c1-2-6-4-3-5-1;2-1(3)4/h5-6H,1-4H2;(H5,2,3,4). The van der Waals surface area contributed by atoms with Crippen LogP contribution in [-0.4, -0.2) is 32.1 Å². The molecule has 0 radical (unpaired) electrons. The molecule has 0 amide bonds. The van der Waals surface area contributed by atoms with Crippen LogP contribution in [0.4, 0.5) is 0 Å². The van der Waals surface area contributed by atoms with E-state index in [9.17, 15) is 0 Å². The third kappa shape index (κ3) is 10.2. The molecule has 0 spiro atoms. The summed E-state index contributed by atoms with van der Waals surface area (Å²) in [6.07, 6.45) is 0. The molecule has 0 saturated carbocycles. The Hall–Kier alpha value is -0.810. The van der Waals surface area contributed by atoms with E-state index in [0.29, 0.717) is 0 Å². The van der Waals surface area contributed by atoms with Gasteiger partial charge in [-0.25, -0.2) is 0 Å². The molecule has 0 aliphatic carbocycles. The zero-order chi connectivity index (χ0) is 7.82. The van der Waals surface area contributed by atoms with E-state index in [1.54, 1.807) is 0 Å². The van der Waals surface area contributed by atoms with Crippen LogP contribution < -0.4 is 22.1 Å². The number of hydrogen-bond acceptors (Lipinski definition) is 3. The highest BCUT2D eigenvalue weighted by Crippen LogP contribution is 1.65. The molecule has 1 rings (SSSR count). The predicted molar refractivity (Wildman–Crippen MR) is 41.8 cm³/mol. The maximum Gasteiger partial charge on any atom is 0.183 e. The van der Waals surface area contributed by atoms with Gasteiger partial charge in [-0.15, -0.1) is 0 Å².